The molecule has 4 heteroatoms. The highest BCUT2D eigenvalue weighted by molar-refractivity contribution is 5.41. The molecule has 0 unspecified atom stereocenters. The second-order valence-electron chi connectivity index (χ2n) is 4.60. The summed E-state index contributed by atoms with van der Waals surface area (Å²) in [6, 6.07) is 6.27. The first-order valence-electron chi connectivity index (χ1n) is 6.35. The van der Waals surface area contributed by atoms with Crippen molar-refractivity contribution in [1.82, 2.24) is 10.2 Å². The highest BCUT2D eigenvalue weighted by Crippen LogP contribution is 2.29. The second-order valence-corrected chi connectivity index (χ2v) is 4.60. The molecule has 1 aromatic heterocycles. The van der Waals surface area contributed by atoms with Gasteiger partial charge in [-0.2, -0.15) is 0 Å². The SMILES string of the molecule is Cc1nnc(COc2cccc3c2CCCC3)o1. The maximum Gasteiger partial charge on any atom is 0.253 e. The standard InChI is InChI=1S/C14H16N2O2/c1-10-15-16-14(18-10)9-17-13-8-4-6-11-5-2-3-7-12(11)13/h4,6,8H,2-3,5,7,9H2,1H3. The average molecular weight is 244 g/mol. The molecule has 0 atom stereocenters. The predicted octanol–water partition coefficient (Wildman–Crippen LogP) is 2.84. The van der Waals surface area contributed by atoms with Gasteiger partial charge in [-0.25, -0.2) is 0 Å². The van der Waals surface area contributed by atoms with Gasteiger partial charge in [-0.1, -0.05) is 12.1 Å². The number of hydrogen-bond acceptors (Lipinski definition) is 4. The normalized spacial score (nSPS) is 14.3. The zero-order valence-electron chi connectivity index (χ0n) is 10.5. The van der Waals surface area contributed by atoms with E-state index in [1.807, 2.05) is 6.07 Å². The van der Waals surface area contributed by atoms with E-state index in [1.165, 1.54) is 24.0 Å². The van der Waals surface area contributed by atoms with Crippen molar-refractivity contribution in [1.29, 1.82) is 0 Å². The van der Waals surface area contributed by atoms with Crippen molar-refractivity contribution < 1.29 is 9.15 Å². The molecule has 3 rings (SSSR count). The molecule has 1 aromatic carbocycles. The summed E-state index contributed by atoms with van der Waals surface area (Å²) in [7, 11) is 0. The van der Waals surface area contributed by atoms with Crippen LogP contribution in [-0.2, 0) is 19.4 Å². The number of fused-ring (bicyclic) bond motifs is 1. The fourth-order valence-electron chi connectivity index (χ4n) is 2.42. The Balaban J connectivity index is 1.76. The first-order valence-corrected chi connectivity index (χ1v) is 6.35. The van der Waals surface area contributed by atoms with E-state index in [9.17, 15) is 0 Å². The number of aryl methyl sites for hydroxylation is 2. The van der Waals surface area contributed by atoms with Crippen molar-refractivity contribution in [2.75, 3.05) is 0 Å². The van der Waals surface area contributed by atoms with E-state index >= 15 is 0 Å². The Morgan fingerprint density at radius 1 is 1.22 bits per heavy atom. The summed E-state index contributed by atoms with van der Waals surface area (Å²) >= 11 is 0. The monoisotopic (exact) mass is 244 g/mol. The Hall–Kier alpha value is -1.84. The van der Waals surface area contributed by atoms with E-state index in [1.54, 1.807) is 6.92 Å². The van der Waals surface area contributed by atoms with E-state index in [2.05, 4.69) is 22.3 Å². The Morgan fingerprint density at radius 2 is 2.11 bits per heavy atom. The first-order chi connectivity index (χ1) is 8.83. The van der Waals surface area contributed by atoms with Crippen molar-refractivity contribution in [2.45, 2.75) is 39.2 Å². The maximum atomic E-state index is 5.81. The van der Waals surface area contributed by atoms with Gasteiger partial charge in [-0.3, -0.25) is 0 Å². The summed E-state index contributed by atoms with van der Waals surface area (Å²) in [4.78, 5) is 0. The van der Waals surface area contributed by atoms with Gasteiger partial charge in [-0.15, -0.1) is 10.2 Å². The molecule has 0 bridgehead atoms. The first kappa shape index (κ1) is 11.3. The molecule has 0 radical (unpaired) electrons. The van der Waals surface area contributed by atoms with Crippen LogP contribution in [0.25, 0.3) is 0 Å². The van der Waals surface area contributed by atoms with Crippen LogP contribution < -0.4 is 4.74 Å². The van der Waals surface area contributed by atoms with Gasteiger partial charge in [0.15, 0.2) is 6.61 Å². The van der Waals surface area contributed by atoms with Crippen LogP contribution in [0.15, 0.2) is 22.6 Å². The molecule has 0 saturated carbocycles. The summed E-state index contributed by atoms with van der Waals surface area (Å²) < 4.78 is 11.1. The fourth-order valence-corrected chi connectivity index (χ4v) is 2.42. The zero-order valence-corrected chi connectivity index (χ0v) is 10.5. The fraction of sp³-hybridized carbons (Fsp3) is 0.429. The van der Waals surface area contributed by atoms with Gasteiger partial charge in [0.1, 0.15) is 5.75 Å². The molecule has 0 amide bonds. The molecule has 4 nitrogen and oxygen atoms in total. The van der Waals surface area contributed by atoms with E-state index in [0.29, 0.717) is 18.4 Å². The van der Waals surface area contributed by atoms with Crippen LogP contribution in [0.5, 0.6) is 5.75 Å². The lowest BCUT2D eigenvalue weighted by Gasteiger charge is -2.18. The van der Waals surface area contributed by atoms with E-state index < -0.39 is 0 Å². The third-order valence-electron chi connectivity index (χ3n) is 3.27. The van der Waals surface area contributed by atoms with Gasteiger partial charge in [0.05, 0.1) is 0 Å². The van der Waals surface area contributed by atoms with Gasteiger partial charge >= 0.3 is 0 Å². The van der Waals surface area contributed by atoms with Crippen molar-refractivity contribution in [2.24, 2.45) is 0 Å². The largest absolute Gasteiger partial charge is 0.484 e. The molecule has 18 heavy (non-hydrogen) atoms. The molecule has 0 aliphatic heterocycles. The Kier molecular flexibility index (Phi) is 3.00. The van der Waals surface area contributed by atoms with Gasteiger partial charge in [0.25, 0.3) is 5.89 Å². The van der Waals surface area contributed by atoms with E-state index in [0.717, 1.165) is 18.6 Å². The number of nitrogens with zero attached hydrogens (tertiary/aromatic N) is 2. The zero-order chi connectivity index (χ0) is 12.4. The minimum absolute atomic E-state index is 0.345. The van der Waals surface area contributed by atoms with Crippen LogP contribution in [0.1, 0.15) is 35.7 Å². The van der Waals surface area contributed by atoms with Gasteiger partial charge < -0.3 is 9.15 Å². The predicted molar refractivity (Wildman–Crippen MR) is 66.5 cm³/mol. The molecule has 94 valence electrons. The molecule has 0 fully saturated rings. The summed E-state index contributed by atoms with van der Waals surface area (Å²) in [6.45, 7) is 2.12. The van der Waals surface area contributed by atoms with Crippen LogP contribution in [-0.4, -0.2) is 10.2 Å². The Bertz CT molecular complexity index is 548. The highest BCUT2D eigenvalue weighted by atomic mass is 16.5. The lowest BCUT2D eigenvalue weighted by Crippen LogP contribution is -2.06. The van der Waals surface area contributed by atoms with Gasteiger partial charge in [0.2, 0.25) is 5.89 Å². The minimum atomic E-state index is 0.345. The van der Waals surface area contributed by atoms with Crippen LogP contribution in [0, 0.1) is 6.92 Å². The van der Waals surface area contributed by atoms with Crippen molar-refractivity contribution in [3.05, 3.63) is 41.1 Å². The van der Waals surface area contributed by atoms with Crippen molar-refractivity contribution >= 4 is 0 Å². The summed E-state index contributed by atoms with van der Waals surface area (Å²) in [5.41, 5.74) is 2.76. The van der Waals surface area contributed by atoms with E-state index in [-0.39, 0.29) is 0 Å². The van der Waals surface area contributed by atoms with Crippen LogP contribution >= 0.6 is 0 Å². The Labute approximate surface area is 106 Å². The highest BCUT2D eigenvalue weighted by Gasteiger charge is 2.14. The van der Waals surface area contributed by atoms with Crippen molar-refractivity contribution in [3.8, 4) is 5.75 Å². The molecule has 1 aliphatic rings. The van der Waals surface area contributed by atoms with Crippen molar-refractivity contribution in [3.63, 3.8) is 0 Å². The molecule has 0 spiro atoms. The lowest BCUT2D eigenvalue weighted by atomic mass is 9.91. The third kappa shape index (κ3) is 2.23. The maximum absolute atomic E-state index is 5.81. The summed E-state index contributed by atoms with van der Waals surface area (Å²) in [5.74, 6) is 2.06. The molecule has 2 aromatic rings. The third-order valence-corrected chi connectivity index (χ3v) is 3.27. The number of aromatic nitrogens is 2. The van der Waals surface area contributed by atoms with Gasteiger partial charge in [0, 0.05) is 6.92 Å². The number of hydrogen-bond donors (Lipinski definition) is 0. The Morgan fingerprint density at radius 3 is 2.94 bits per heavy atom. The van der Waals surface area contributed by atoms with Crippen LogP contribution in [0.2, 0.25) is 0 Å². The quantitative estimate of drug-likeness (QED) is 0.833. The number of rotatable bonds is 3. The van der Waals surface area contributed by atoms with E-state index in [4.69, 9.17) is 9.15 Å². The number of benzene rings is 1. The molecule has 1 heterocycles. The molecule has 0 saturated heterocycles. The average Bonchev–Trinajstić information content (AvgIpc) is 2.82. The molecular formula is C14H16N2O2. The lowest BCUT2D eigenvalue weighted by molar-refractivity contribution is 0.257. The second kappa shape index (κ2) is 4.80. The van der Waals surface area contributed by atoms with Crippen LogP contribution in [0.4, 0.5) is 0 Å². The molecule has 1 aliphatic carbocycles. The topological polar surface area (TPSA) is 48.2 Å². The number of ether oxygens (including phenoxy) is 1. The van der Waals surface area contributed by atoms with Gasteiger partial charge in [-0.05, 0) is 42.9 Å². The molecule has 0 N–H and O–H groups in total. The molecular weight excluding hydrogens is 228 g/mol. The van der Waals surface area contributed by atoms with Crippen LogP contribution in [0.3, 0.4) is 0 Å². The minimum Gasteiger partial charge on any atom is -0.484 e. The summed E-state index contributed by atoms with van der Waals surface area (Å²) in [5, 5.41) is 7.72. The smallest absolute Gasteiger partial charge is 0.253 e. The summed E-state index contributed by atoms with van der Waals surface area (Å²) in [6.07, 6.45) is 4.78.